The van der Waals surface area contributed by atoms with Gasteiger partial charge in [-0.3, -0.25) is 0 Å². The number of aromatic amines is 1. The Bertz CT molecular complexity index is 287. The molecule has 0 aliphatic heterocycles. The topological polar surface area (TPSA) is 41.6 Å². The van der Waals surface area contributed by atoms with Crippen LogP contribution < -0.4 is 0 Å². The molecule has 0 spiro atoms. The first kappa shape index (κ1) is 7.98. The number of H-pyrrole nitrogens is 1. The Kier molecular flexibility index (Phi) is 2.65. The van der Waals surface area contributed by atoms with Gasteiger partial charge in [0.2, 0.25) is 0 Å². The molecule has 2 aromatic rings. The van der Waals surface area contributed by atoms with E-state index in [0.29, 0.717) is 0 Å². The Balaban J connectivity index is 0.000000500. The van der Waals surface area contributed by atoms with Crippen LogP contribution in [-0.2, 0) is 0 Å². The molecule has 0 unspecified atom stereocenters. The normalized spacial score (nSPS) is 9.20. The number of fused-ring (bicyclic) bond motifs is 1. The van der Waals surface area contributed by atoms with Crippen molar-refractivity contribution in [2.24, 2.45) is 0 Å². The van der Waals surface area contributed by atoms with Gasteiger partial charge in [0.05, 0.1) is 11.8 Å². The molecular formula is C6H7CaN3. The van der Waals surface area contributed by atoms with Crippen molar-refractivity contribution in [3.8, 4) is 0 Å². The van der Waals surface area contributed by atoms with E-state index in [1.165, 1.54) is 0 Å². The largest absolute Gasteiger partial charge is 0.343 e. The standard InChI is InChI=1S/C6H5N3.Ca.2H/c1-2-5-6(7-3-1)9-4-8-5;;;/h1-4H,(H,7,8,9);;;. The fraction of sp³-hybridized carbons (Fsp3) is 0. The van der Waals surface area contributed by atoms with Gasteiger partial charge >= 0.3 is 37.7 Å². The number of imidazole rings is 1. The monoisotopic (exact) mass is 161 g/mol. The molecule has 0 radical (unpaired) electrons. The van der Waals surface area contributed by atoms with E-state index in [9.17, 15) is 0 Å². The molecule has 0 fully saturated rings. The third-order valence-electron chi connectivity index (χ3n) is 1.19. The van der Waals surface area contributed by atoms with Crippen molar-refractivity contribution in [1.82, 2.24) is 15.0 Å². The van der Waals surface area contributed by atoms with Crippen molar-refractivity contribution in [2.45, 2.75) is 0 Å². The molecule has 0 saturated carbocycles. The van der Waals surface area contributed by atoms with Crippen LogP contribution in [0.2, 0.25) is 0 Å². The van der Waals surface area contributed by atoms with Gasteiger partial charge in [-0.2, -0.15) is 0 Å². The van der Waals surface area contributed by atoms with Crippen molar-refractivity contribution < 1.29 is 0 Å². The van der Waals surface area contributed by atoms with E-state index in [1.54, 1.807) is 12.5 Å². The zero-order valence-electron chi connectivity index (χ0n) is 4.70. The summed E-state index contributed by atoms with van der Waals surface area (Å²) in [6.07, 6.45) is 3.36. The van der Waals surface area contributed by atoms with Crippen LogP contribution in [0.4, 0.5) is 0 Å². The van der Waals surface area contributed by atoms with E-state index in [-0.39, 0.29) is 37.7 Å². The summed E-state index contributed by atoms with van der Waals surface area (Å²) in [5.74, 6) is 0. The van der Waals surface area contributed by atoms with Gasteiger partial charge in [0.1, 0.15) is 0 Å². The number of nitrogens with one attached hydrogen (secondary N) is 1. The van der Waals surface area contributed by atoms with Crippen molar-refractivity contribution in [3.63, 3.8) is 0 Å². The molecule has 0 amide bonds. The van der Waals surface area contributed by atoms with E-state index in [2.05, 4.69) is 15.0 Å². The molecule has 2 rings (SSSR count). The van der Waals surface area contributed by atoms with Gasteiger partial charge in [0.25, 0.3) is 0 Å². The fourth-order valence-corrected chi connectivity index (χ4v) is 0.775. The van der Waals surface area contributed by atoms with Gasteiger partial charge in [-0.25, -0.2) is 9.97 Å². The predicted octanol–water partition coefficient (Wildman–Crippen LogP) is 0.0417. The number of hydrogen-bond donors (Lipinski definition) is 1. The summed E-state index contributed by atoms with van der Waals surface area (Å²) in [6.45, 7) is 0. The van der Waals surface area contributed by atoms with Crippen LogP contribution in [0.25, 0.3) is 11.2 Å². The van der Waals surface area contributed by atoms with Gasteiger partial charge in [-0.15, -0.1) is 0 Å². The zero-order valence-corrected chi connectivity index (χ0v) is 4.70. The second kappa shape index (κ2) is 3.32. The number of hydrogen-bond acceptors (Lipinski definition) is 2. The van der Waals surface area contributed by atoms with Gasteiger partial charge in [0, 0.05) is 6.20 Å². The second-order valence-corrected chi connectivity index (χ2v) is 1.78. The molecule has 0 saturated heterocycles. The number of nitrogens with zero attached hydrogens (tertiary/aromatic N) is 2. The molecule has 0 bridgehead atoms. The summed E-state index contributed by atoms with van der Waals surface area (Å²) >= 11 is 0. The van der Waals surface area contributed by atoms with Crippen LogP contribution >= 0.6 is 0 Å². The summed E-state index contributed by atoms with van der Waals surface area (Å²) < 4.78 is 0. The second-order valence-electron chi connectivity index (χ2n) is 1.78. The zero-order chi connectivity index (χ0) is 6.10. The smallest absolute Gasteiger partial charge is 0.177 e. The number of pyridine rings is 1. The van der Waals surface area contributed by atoms with E-state index in [1.807, 2.05) is 12.1 Å². The van der Waals surface area contributed by atoms with Gasteiger partial charge < -0.3 is 4.98 Å². The Hall–Kier alpha value is -0.120. The molecule has 4 heteroatoms. The molecule has 48 valence electrons. The maximum atomic E-state index is 4.00. The van der Waals surface area contributed by atoms with Crippen LogP contribution in [0, 0.1) is 0 Å². The minimum absolute atomic E-state index is 0. The average molecular weight is 161 g/mol. The summed E-state index contributed by atoms with van der Waals surface area (Å²) in [4.78, 5) is 10.9. The Morgan fingerprint density at radius 1 is 1.30 bits per heavy atom. The molecule has 10 heavy (non-hydrogen) atoms. The van der Waals surface area contributed by atoms with Crippen LogP contribution in [0.5, 0.6) is 0 Å². The van der Waals surface area contributed by atoms with E-state index >= 15 is 0 Å². The quantitative estimate of drug-likeness (QED) is 0.554. The van der Waals surface area contributed by atoms with Gasteiger partial charge in [-0.05, 0) is 12.1 Å². The molecule has 2 heterocycles. The molecule has 2 aromatic heterocycles. The SMILES string of the molecule is [CaH2].c1cnc2nc[nH]c2c1. The summed E-state index contributed by atoms with van der Waals surface area (Å²) in [5, 5.41) is 0. The van der Waals surface area contributed by atoms with Crippen LogP contribution in [-0.4, -0.2) is 52.7 Å². The van der Waals surface area contributed by atoms with Gasteiger partial charge in [0.15, 0.2) is 5.65 Å². The minimum Gasteiger partial charge on any atom is -0.343 e. The number of rotatable bonds is 0. The Labute approximate surface area is 87.9 Å². The average Bonchev–Trinajstić information content (AvgIpc) is 2.33. The van der Waals surface area contributed by atoms with Crippen molar-refractivity contribution >= 4 is 48.9 Å². The third kappa shape index (κ3) is 1.31. The predicted molar refractivity (Wildman–Crippen MR) is 42.4 cm³/mol. The number of aromatic nitrogens is 3. The van der Waals surface area contributed by atoms with E-state index < -0.39 is 0 Å². The third-order valence-corrected chi connectivity index (χ3v) is 1.19. The summed E-state index contributed by atoms with van der Waals surface area (Å²) in [5.41, 5.74) is 1.76. The molecule has 0 atom stereocenters. The maximum Gasteiger partial charge on any atom is 0.177 e. The van der Waals surface area contributed by atoms with Crippen LogP contribution in [0.1, 0.15) is 0 Å². The van der Waals surface area contributed by atoms with Crippen LogP contribution in [0.3, 0.4) is 0 Å². The molecular weight excluding hydrogens is 154 g/mol. The Morgan fingerprint density at radius 2 is 2.20 bits per heavy atom. The maximum absolute atomic E-state index is 4.00. The van der Waals surface area contributed by atoms with E-state index in [4.69, 9.17) is 0 Å². The summed E-state index contributed by atoms with van der Waals surface area (Å²) in [6, 6.07) is 3.82. The first-order valence-electron chi connectivity index (χ1n) is 2.71. The van der Waals surface area contributed by atoms with Gasteiger partial charge in [-0.1, -0.05) is 0 Å². The van der Waals surface area contributed by atoms with Crippen molar-refractivity contribution in [2.75, 3.05) is 0 Å². The first-order chi connectivity index (χ1) is 4.47. The molecule has 0 aliphatic rings. The fourth-order valence-electron chi connectivity index (χ4n) is 0.775. The molecule has 0 aromatic carbocycles. The van der Waals surface area contributed by atoms with Crippen molar-refractivity contribution in [3.05, 3.63) is 24.7 Å². The molecule has 3 nitrogen and oxygen atoms in total. The molecule has 1 N–H and O–H groups in total. The first-order valence-corrected chi connectivity index (χ1v) is 2.71. The Morgan fingerprint density at radius 3 is 3.00 bits per heavy atom. The minimum atomic E-state index is 0. The molecule has 0 aliphatic carbocycles. The van der Waals surface area contributed by atoms with Crippen LogP contribution in [0.15, 0.2) is 24.7 Å². The summed E-state index contributed by atoms with van der Waals surface area (Å²) in [7, 11) is 0. The van der Waals surface area contributed by atoms with E-state index in [0.717, 1.165) is 11.2 Å². The van der Waals surface area contributed by atoms with Crippen molar-refractivity contribution in [1.29, 1.82) is 0 Å².